The second kappa shape index (κ2) is 8.17. The van der Waals surface area contributed by atoms with Gasteiger partial charge in [0, 0.05) is 23.1 Å². The van der Waals surface area contributed by atoms with E-state index in [1.807, 2.05) is 24.5 Å². The number of methoxy groups -OCH3 is 1. The summed E-state index contributed by atoms with van der Waals surface area (Å²) in [6.07, 6.45) is 0. The summed E-state index contributed by atoms with van der Waals surface area (Å²) in [5, 5.41) is 0.706. The van der Waals surface area contributed by atoms with Gasteiger partial charge in [0.05, 0.1) is 24.8 Å². The Morgan fingerprint density at radius 2 is 1.64 bits per heavy atom. The first-order valence-electron chi connectivity index (χ1n) is 9.16. The van der Waals surface area contributed by atoms with Crippen molar-refractivity contribution < 1.29 is 23.8 Å². The predicted octanol–water partition coefficient (Wildman–Crippen LogP) is 4.37. The van der Waals surface area contributed by atoms with Gasteiger partial charge in [0.1, 0.15) is 11.5 Å². The summed E-state index contributed by atoms with van der Waals surface area (Å²) in [6, 6.07) is 12.0. The minimum Gasteiger partial charge on any atom is -0.497 e. The lowest BCUT2D eigenvalue weighted by Gasteiger charge is -2.07. The van der Waals surface area contributed by atoms with Crippen LogP contribution in [0.1, 0.15) is 40.3 Å². The van der Waals surface area contributed by atoms with E-state index in [1.54, 1.807) is 50.4 Å². The van der Waals surface area contributed by atoms with Crippen molar-refractivity contribution in [3.63, 3.8) is 0 Å². The van der Waals surface area contributed by atoms with E-state index >= 15 is 0 Å². The fourth-order valence-electron chi connectivity index (χ4n) is 3.29. The summed E-state index contributed by atoms with van der Waals surface area (Å²) >= 11 is 0. The highest BCUT2D eigenvalue weighted by Gasteiger charge is 2.21. The van der Waals surface area contributed by atoms with Crippen LogP contribution in [-0.2, 0) is 11.3 Å². The molecule has 1 aromatic heterocycles. The maximum Gasteiger partial charge on any atom is 0.343 e. The molecule has 3 aromatic rings. The van der Waals surface area contributed by atoms with Crippen molar-refractivity contribution >= 4 is 22.8 Å². The van der Waals surface area contributed by atoms with Crippen LogP contribution in [0, 0.1) is 6.92 Å². The maximum atomic E-state index is 12.5. The Morgan fingerprint density at radius 1 is 0.964 bits per heavy atom. The number of carbonyl (C=O) groups excluding carboxylic acids is 2. The number of aryl methyl sites for hydroxylation is 1. The van der Waals surface area contributed by atoms with Crippen LogP contribution in [0.15, 0.2) is 42.5 Å². The van der Waals surface area contributed by atoms with Gasteiger partial charge in [-0.2, -0.15) is 0 Å². The minimum absolute atomic E-state index is 0.295. The molecule has 0 radical (unpaired) electrons. The standard InChI is InChI=1S/C22H23NO5/c1-5-23-14(3)20(22(25)27-6-2)18-13-17(11-12-19(18)23)28-21(24)15-7-9-16(26-4)10-8-15/h7-13H,5-6H2,1-4H3. The zero-order chi connectivity index (χ0) is 20.3. The van der Waals surface area contributed by atoms with E-state index in [4.69, 9.17) is 14.2 Å². The van der Waals surface area contributed by atoms with Crippen LogP contribution >= 0.6 is 0 Å². The lowest BCUT2D eigenvalue weighted by molar-refractivity contribution is 0.0527. The lowest BCUT2D eigenvalue weighted by atomic mass is 10.1. The largest absolute Gasteiger partial charge is 0.497 e. The third-order valence-electron chi connectivity index (χ3n) is 4.63. The van der Waals surface area contributed by atoms with E-state index in [1.165, 1.54) is 0 Å². The van der Waals surface area contributed by atoms with E-state index in [0.717, 1.165) is 11.2 Å². The number of rotatable bonds is 6. The number of hydrogen-bond acceptors (Lipinski definition) is 5. The normalized spacial score (nSPS) is 10.7. The van der Waals surface area contributed by atoms with Gasteiger partial charge in [-0.3, -0.25) is 0 Å². The van der Waals surface area contributed by atoms with Crippen LogP contribution in [0.3, 0.4) is 0 Å². The first-order chi connectivity index (χ1) is 13.5. The Bertz CT molecular complexity index is 1020. The second-order valence-corrected chi connectivity index (χ2v) is 6.22. The van der Waals surface area contributed by atoms with E-state index in [-0.39, 0.29) is 5.97 Å². The molecule has 6 nitrogen and oxygen atoms in total. The number of carbonyl (C=O) groups is 2. The van der Waals surface area contributed by atoms with E-state index in [0.29, 0.717) is 41.2 Å². The van der Waals surface area contributed by atoms with Gasteiger partial charge in [-0.05, 0) is 63.2 Å². The zero-order valence-electron chi connectivity index (χ0n) is 16.4. The van der Waals surface area contributed by atoms with Gasteiger partial charge in [-0.15, -0.1) is 0 Å². The van der Waals surface area contributed by atoms with Crippen molar-refractivity contribution in [1.82, 2.24) is 4.57 Å². The minimum atomic E-state index is -0.480. The van der Waals surface area contributed by atoms with Crippen LogP contribution in [0.2, 0.25) is 0 Å². The first-order valence-corrected chi connectivity index (χ1v) is 9.16. The molecule has 0 aliphatic heterocycles. The summed E-state index contributed by atoms with van der Waals surface area (Å²) in [5.74, 6) is 0.169. The third-order valence-corrected chi connectivity index (χ3v) is 4.63. The molecule has 0 N–H and O–H groups in total. The zero-order valence-corrected chi connectivity index (χ0v) is 16.4. The van der Waals surface area contributed by atoms with E-state index in [9.17, 15) is 9.59 Å². The molecular formula is C22H23NO5. The molecule has 0 bridgehead atoms. The molecule has 146 valence electrons. The molecule has 0 saturated carbocycles. The van der Waals surface area contributed by atoms with Crippen molar-refractivity contribution in [1.29, 1.82) is 0 Å². The molecule has 0 fully saturated rings. The highest BCUT2D eigenvalue weighted by atomic mass is 16.5. The highest BCUT2D eigenvalue weighted by molar-refractivity contribution is 6.06. The molecule has 0 aliphatic rings. The van der Waals surface area contributed by atoms with Gasteiger partial charge in [0.25, 0.3) is 0 Å². The molecule has 0 amide bonds. The molecule has 0 unspecified atom stereocenters. The van der Waals surface area contributed by atoms with Crippen molar-refractivity contribution in [3.05, 3.63) is 59.3 Å². The van der Waals surface area contributed by atoms with E-state index < -0.39 is 5.97 Å². The SMILES string of the molecule is CCOC(=O)c1c(C)n(CC)c2ccc(OC(=O)c3ccc(OC)cc3)cc12. The Labute approximate surface area is 163 Å². The third kappa shape index (κ3) is 3.58. The van der Waals surface area contributed by atoms with Crippen molar-refractivity contribution in [3.8, 4) is 11.5 Å². The molecule has 2 aromatic carbocycles. The topological polar surface area (TPSA) is 66.8 Å². The molecule has 0 saturated heterocycles. The molecular weight excluding hydrogens is 358 g/mol. The van der Waals surface area contributed by atoms with Crippen molar-refractivity contribution in [2.24, 2.45) is 0 Å². The number of hydrogen-bond donors (Lipinski definition) is 0. The summed E-state index contributed by atoms with van der Waals surface area (Å²) in [5.41, 5.74) is 2.64. The average molecular weight is 381 g/mol. The van der Waals surface area contributed by atoms with E-state index in [2.05, 4.69) is 0 Å². The quantitative estimate of drug-likeness (QED) is 0.468. The Kier molecular flexibility index (Phi) is 5.68. The Morgan fingerprint density at radius 3 is 2.25 bits per heavy atom. The molecule has 28 heavy (non-hydrogen) atoms. The number of nitrogens with zero attached hydrogens (tertiary/aromatic N) is 1. The smallest absolute Gasteiger partial charge is 0.343 e. The van der Waals surface area contributed by atoms with Crippen LogP contribution < -0.4 is 9.47 Å². The van der Waals surface area contributed by atoms with Gasteiger partial charge in [-0.1, -0.05) is 0 Å². The number of esters is 2. The molecule has 0 aliphatic carbocycles. The van der Waals surface area contributed by atoms with Gasteiger partial charge in [0.15, 0.2) is 0 Å². The fraction of sp³-hybridized carbons (Fsp3) is 0.273. The molecule has 6 heteroatoms. The van der Waals surface area contributed by atoms with Gasteiger partial charge >= 0.3 is 11.9 Å². The Hall–Kier alpha value is -3.28. The second-order valence-electron chi connectivity index (χ2n) is 6.22. The van der Waals surface area contributed by atoms with Gasteiger partial charge in [0.2, 0.25) is 0 Å². The van der Waals surface area contributed by atoms with Crippen molar-refractivity contribution in [2.75, 3.05) is 13.7 Å². The number of ether oxygens (including phenoxy) is 3. The fourth-order valence-corrected chi connectivity index (χ4v) is 3.29. The van der Waals surface area contributed by atoms with Crippen LogP contribution in [0.25, 0.3) is 10.9 Å². The Balaban J connectivity index is 1.97. The average Bonchev–Trinajstić information content (AvgIpc) is 2.98. The van der Waals surface area contributed by atoms with Crippen LogP contribution in [0.5, 0.6) is 11.5 Å². The highest BCUT2D eigenvalue weighted by Crippen LogP contribution is 2.30. The summed E-state index contributed by atoms with van der Waals surface area (Å²) in [4.78, 5) is 24.9. The number of benzene rings is 2. The van der Waals surface area contributed by atoms with Crippen LogP contribution in [0.4, 0.5) is 0 Å². The molecule has 1 heterocycles. The maximum absolute atomic E-state index is 12.5. The number of fused-ring (bicyclic) bond motifs is 1. The monoisotopic (exact) mass is 381 g/mol. The molecule has 3 rings (SSSR count). The van der Waals surface area contributed by atoms with Crippen LogP contribution in [-0.4, -0.2) is 30.2 Å². The first kappa shape index (κ1) is 19.5. The van der Waals surface area contributed by atoms with Gasteiger partial charge < -0.3 is 18.8 Å². The lowest BCUT2D eigenvalue weighted by Crippen LogP contribution is -2.08. The summed E-state index contributed by atoms with van der Waals surface area (Å²) in [6.45, 7) is 6.68. The summed E-state index contributed by atoms with van der Waals surface area (Å²) in [7, 11) is 1.56. The van der Waals surface area contributed by atoms with Crippen molar-refractivity contribution in [2.45, 2.75) is 27.3 Å². The molecule has 0 atom stereocenters. The van der Waals surface area contributed by atoms with Gasteiger partial charge in [-0.25, -0.2) is 9.59 Å². The predicted molar refractivity (Wildman–Crippen MR) is 106 cm³/mol. The summed E-state index contributed by atoms with van der Waals surface area (Å²) < 4.78 is 17.9. The number of aromatic nitrogens is 1. The molecule has 0 spiro atoms.